The fourth-order valence-electron chi connectivity index (χ4n) is 20.4. The van der Waals surface area contributed by atoms with Crippen LogP contribution < -0.4 is 62.0 Å². The van der Waals surface area contributed by atoms with Crippen LogP contribution in [0.15, 0.2) is 394 Å². The van der Waals surface area contributed by atoms with Gasteiger partial charge in [-0.05, 0) is 165 Å². The van der Waals surface area contributed by atoms with Crippen molar-refractivity contribution in [2.24, 2.45) is 0 Å². The van der Waals surface area contributed by atoms with Crippen molar-refractivity contribution in [3.63, 3.8) is 0 Å². The van der Waals surface area contributed by atoms with Crippen molar-refractivity contribution in [2.75, 3.05) is 24.5 Å². The van der Waals surface area contributed by atoms with E-state index in [0.29, 0.717) is 0 Å². The summed E-state index contributed by atoms with van der Waals surface area (Å²) in [5.41, 5.74) is 27.7. The van der Waals surface area contributed by atoms with Crippen molar-refractivity contribution in [1.82, 2.24) is 0 Å². The highest BCUT2D eigenvalue weighted by atomic mass is 32.1. The lowest BCUT2D eigenvalue weighted by Gasteiger charge is -2.46. The highest BCUT2D eigenvalue weighted by molar-refractivity contribution is 7.27. The van der Waals surface area contributed by atoms with E-state index in [2.05, 4.69) is 419 Å². The molecule has 18 aromatic carbocycles. The van der Waals surface area contributed by atoms with Gasteiger partial charge >= 0.3 is 0 Å². The summed E-state index contributed by atoms with van der Waals surface area (Å²) in [6, 6.07) is 148. The average molecular weight is 1600 g/mol. The number of ether oxygens (including phenoxy) is 1. The Hall–Kier alpha value is -14.2. The van der Waals surface area contributed by atoms with E-state index in [0.717, 1.165) is 130 Å². The summed E-state index contributed by atoms with van der Waals surface area (Å²) < 4.78 is 18.3. The topological polar surface area (TPSA) is 25.4 Å². The lowest BCUT2D eigenvalue weighted by Crippen LogP contribution is -2.64. The Morgan fingerprint density at radius 1 is 0.233 bits per heavy atom. The van der Waals surface area contributed by atoms with Crippen LogP contribution >= 0.6 is 45.3 Å². The normalized spacial score (nSPS) is 13.0. The van der Waals surface area contributed by atoms with E-state index in [9.17, 15) is 0 Å². The van der Waals surface area contributed by atoms with Gasteiger partial charge in [0.1, 0.15) is 11.5 Å². The number of hydrogen-bond acceptors (Lipinski definition) is 10. The van der Waals surface area contributed by atoms with Crippen molar-refractivity contribution >= 4 is 258 Å². The van der Waals surface area contributed by atoms with Gasteiger partial charge in [0, 0.05) is 145 Å². The molecule has 8 heterocycles. The van der Waals surface area contributed by atoms with Crippen molar-refractivity contribution in [1.29, 1.82) is 0 Å². The fourth-order valence-corrected chi connectivity index (χ4v) is 24.9. The summed E-state index contributed by atoms with van der Waals surface area (Å²) in [6.07, 6.45) is 0. The molecule has 0 N–H and O–H groups in total. The van der Waals surface area contributed by atoms with Gasteiger partial charge in [-0.3, -0.25) is 0 Å². The first-order chi connectivity index (χ1) is 59.6. The highest BCUT2D eigenvalue weighted by Gasteiger charge is 2.49. The first-order valence-electron chi connectivity index (χ1n) is 40.9. The first kappa shape index (κ1) is 67.9. The summed E-state index contributed by atoms with van der Waals surface area (Å²) in [7, 11) is 0. The molecule has 0 saturated heterocycles. The van der Waals surface area contributed by atoms with Crippen LogP contribution in [-0.2, 0) is 0 Å². The number of para-hydroxylation sites is 5. The van der Waals surface area contributed by atoms with Gasteiger partial charge in [-0.2, -0.15) is 0 Å². The van der Waals surface area contributed by atoms with E-state index in [-0.39, 0.29) is 13.4 Å². The maximum absolute atomic E-state index is 8.31. The summed E-state index contributed by atoms with van der Waals surface area (Å²) in [5.74, 6) is 1.60. The molecule has 0 amide bonds. The fraction of sp³-hybridized carbons (Fsp3) is 0. The molecule has 0 aliphatic carbocycles. The molecule has 0 radical (unpaired) electrons. The lowest BCUT2D eigenvalue weighted by atomic mass is 9.30. The molecule has 0 unspecified atom stereocenters. The number of benzene rings is 18. The molecule has 26 rings (SSSR count). The van der Waals surface area contributed by atoms with E-state index in [1.54, 1.807) is 0 Å². The molecule has 12 heteroatoms. The average Bonchev–Trinajstić information content (AvgIpc) is 0.752. The predicted octanol–water partition coefficient (Wildman–Crippen LogP) is 27.9. The zero-order valence-electron chi connectivity index (χ0n) is 64.5. The third-order valence-corrected chi connectivity index (χ3v) is 29.8. The second-order valence-electron chi connectivity index (χ2n) is 31.6. The van der Waals surface area contributed by atoms with E-state index in [1.165, 1.54) is 103 Å². The van der Waals surface area contributed by atoms with Crippen molar-refractivity contribution in [3.05, 3.63) is 394 Å². The Labute approximate surface area is 709 Å². The second-order valence-corrected chi connectivity index (χ2v) is 35.9. The molecular weight excluding hydrogens is 1530 g/mol. The van der Waals surface area contributed by atoms with Gasteiger partial charge < -0.3 is 29.2 Å². The molecular formula is C108H65B2N5OS4. The molecule has 4 aliphatic heterocycles. The van der Waals surface area contributed by atoms with Gasteiger partial charge in [0.25, 0.3) is 13.4 Å². The number of nitrogens with zero attached hydrogens (tertiary/aromatic N) is 5. The van der Waals surface area contributed by atoms with Crippen LogP contribution in [0.3, 0.4) is 0 Å². The summed E-state index contributed by atoms with van der Waals surface area (Å²) in [6.45, 7) is -0.588. The van der Waals surface area contributed by atoms with Crippen LogP contribution in [0.1, 0.15) is 0 Å². The number of anilines is 15. The Balaban J connectivity index is 0.785. The highest BCUT2D eigenvalue weighted by Crippen LogP contribution is 2.58. The molecule has 6 nitrogen and oxygen atoms in total. The number of hydrogen-bond donors (Lipinski definition) is 0. The third kappa shape index (κ3) is 10.1. The number of thiophene rings is 4. The lowest BCUT2D eigenvalue weighted by molar-refractivity contribution is 0.488. The molecule has 558 valence electrons. The van der Waals surface area contributed by atoms with Gasteiger partial charge in [-0.1, -0.05) is 261 Å². The summed E-state index contributed by atoms with van der Waals surface area (Å²) in [4.78, 5) is 12.9. The second kappa shape index (κ2) is 26.6. The van der Waals surface area contributed by atoms with Crippen molar-refractivity contribution < 1.29 is 4.74 Å². The minimum Gasteiger partial charge on any atom is -0.458 e. The Morgan fingerprint density at radius 3 is 1.14 bits per heavy atom. The van der Waals surface area contributed by atoms with Crippen LogP contribution in [-0.4, -0.2) is 13.4 Å². The Kier molecular flexibility index (Phi) is 15.1. The first-order valence-corrected chi connectivity index (χ1v) is 44.2. The maximum atomic E-state index is 8.31. The van der Waals surface area contributed by atoms with Gasteiger partial charge in [-0.15, -0.1) is 45.3 Å². The molecule has 4 aliphatic rings. The van der Waals surface area contributed by atoms with E-state index in [4.69, 9.17) is 4.74 Å². The van der Waals surface area contributed by atoms with Gasteiger partial charge in [0.05, 0.1) is 44.5 Å². The van der Waals surface area contributed by atoms with E-state index < -0.39 is 0 Å². The van der Waals surface area contributed by atoms with Crippen LogP contribution in [0, 0.1) is 0 Å². The Bertz CT molecular complexity index is 7990. The largest absolute Gasteiger partial charge is 0.458 e. The molecule has 0 fully saturated rings. The molecule has 4 aromatic heterocycles. The monoisotopic (exact) mass is 1600 g/mol. The third-order valence-electron chi connectivity index (χ3n) is 25.2. The van der Waals surface area contributed by atoms with Crippen LogP contribution in [0.2, 0.25) is 0 Å². The minimum absolute atomic E-state index is 0.285. The van der Waals surface area contributed by atoms with Crippen molar-refractivity contribution in [2.45, 2.75) is 0 Å². The number of fused-ring (bicyclic) bond motifs is 20. The zero-order chi connectivity index (χ0) is 78.4. The standard InChI is InChI=1S/C108H65B2N5OS4/c1-5-30-66(31-6-1)72-42-25-43-73(67-32-7-2-8-33-67)107(72)112(69-36-11-4-12-37-69)71-62-92-106-94(63-71)116-93-65-89-81(64-82(93)110(106)80-46-18-20-48-84(80)114(92)86-50-28-58-100-103(86)77-40-15-23-55-97(77)118-100)109-79-45-17-19-47-83(79)113(85-49-27-57-99-102(85)76-39-14-22-54-96(76)117-99)90-60-70(61-91(105(90)109)115(89)87-51-29-59-101-104(87)78-41-16-24-56-98(78)119-101)111(68-34-9-3-10-35-68)88-52-26-44-75-74-38-13-21-53-95(74)120-108(75)88/h1-65H. The molecule has 22 aromatic rings. The minimum atomic E-state index is -0.303. The van der Waals surface area contributed by atoms with Crippen LogP contribution in [0.4, 0.5) is 85.3 Å². The van der Waals surface area contributed by atoms with E-state index in [1.807, 2.05) is 45.3 Å². The van der Waals surface area contributed by atoms with Gasteiger partial charge in [0.15, 0.2) is 0 Å². The zero-order valence-corrected chi connectivity index (χ0v) is 67.7. The SMILES string of the molecule is c1ccc(-c2cccc(-c3ccccc3)c2N(c2ccccc2)c2cc3c4c(c2)N(c2cccc5sc6ccccc6c25)c2ccccc2B4c2cc4c(cc2O3)N(c2cccc3sc5ccccc5c23)c2cc(N(c3ccccc3)c3cccc5c3sc3ccccc35)cc3c2B4c2ccccc2N3c2cccc3sc4ccccc4c23)cc1. The molecule has 0 spiro atoms. The van der Waals surface area contributed by atoms with Gasteiger partial charge in [-0.25, -0.2) is 0 Å². The number of rotatable bonds is 11. The maximum Gasteiger partial charge on any atom is 0.256 e. The van der Waals surface area contributed by atoms with Crippen LogP contribution in [0.25, 0.3) is 103 Å². The molecule has 0 atom stereocenters. The van der Waals surface area contributed by atoms with Crippen molar-refractivity contribution in [3.8, 4) is 33.8 Å². The Morgan fingerprint density at radius 2 is 0.617 bits per heavy atom. The smallest absolute Gasteiger partial charge is 0.256 e. The summed E-state index contributed by atoms with van der Waals surface area (Å²) >= 11 is 7.46. The quantitative estimate of drug-likeness (QED) is 0.120. The molecule has 0 bridgehead atoms. The summed E-state index contributed by atoms with van der Waals surface area (Å²) in [5, 5.41) is 9.86. The van der Waals surface area contributed by atoms with E-state index >= 15 is 0 Å². The molecule has 120 heavy (non-hydrogen) atoms. The molecule has 0 saturated carbocycles. The van der Waals surface area contributed by atoms with Crippen LogP contribution in [0.5, 0.6) is 11.5 Å². The predicted molar refractivity (Wildman–Crippen MR) is 518 cm³/mol. The van der Waals surface area contributed by atoms with Gasteiger partial charge in [0.2, 0.25) is 0 Å².